The lowest BCUT2D eigenvalue weighted by Gasteiger charge is -2.06. The molecule has 0 saturated heterocycles. The van der Waals surface area contributed by atoms with Crippen LogP contribution in [-0.2, 0) is 6.42 Å². The second kappa shape index (κ2) is 6.67. The van der Waals surface area contributed by atoms with E-state index in [2.05, 4.69) is 20.8 Å². The third kappa shape index (κ3) is 3.31. The van der Waals surface area contributed by atoms with Crippen LogP contribution in [0.25, 0.3) is 11.4 Å². The van der Waals surface area contributed by atoms with Gasteiger partial charge in [-0.25, -0.2) is 9.48 Å². The Bertz CT molecular complexity index is 1020. The number of carboxylic acids is 1. The standard InChI is InChI=1S/C18H17N5O4/c1-2-14-13(18(25)26)9-15(27-14)17(24)19-11-5-3-4-10(8-11)16-20-21-22-23(16)12-6-7-12/h3-5,8-9,12H,2,6-7H2,1H3,(H,19,24)(H,25,26). The summed E-state index contributed by atoms with van der Waals surface area (Å²) in [6.07, 6.45) is 2.49. The van der Waals surface area contributed by atoms with E-state index < -0.39 is 11.9 Å². The van der Waals surface area contributed by atoms with Crippen molar-refractivity contribution in [1.82, 2.24) is 20.2 Å². The van der Waals surface area contributed by atoms with Crippen LogP contribution >= 0.6 is 0 Å². The Morgan fingerprint density at radius 3 is 2.81 bits per heavy atom. The van der Waals surface area contributed by atoms with Gasteiger partial charge in [0.15, 0.2) is 11.6 Å². The first kappa shape index (κ1) is 17.0. The number of nitrogens with one attached hydrogen (secondary N) is 1. The van der Waals surface area contributed by atoms with Gasteiger partial charge in [-0.05, 0) is 35.4 Å². The second-order valence-electron chi connectivity index (χ2n) is 6.32. The highest BCUT2D eigenvalue weighted by Gasteiger charge is 2.28. The zero-order valence-corrected chi connectivity index (χ0v) is 14.5. The number of furan rings is 1. The van der Waals surface area contributed by atoms with Gasteiger partial charge in [0, 0.05) is 23.7 Å². The largest absolute Gasteiger partial charge is 0.478 e. The average Bonchev–Trinajstić information content (AvgIpc) is 3.21. The lowest BCUT2D eigenvalue weighted by molar-refractivity contribution is 0.0694. The lowest BCUT2D eigenvalue weighted by Crippen LogP contribution is -2.11. The average molecular weight is 367 g/mol. The smallest absolute Gasteiger partial charge is 0.339 e. The van der Waals surface area contributed by atoms with Crippen LogP contribution in [0, 0.1) is 0 Å². The SMILES string of the molecule is CCc1oc(C(=O)Nc2cccc(-c3nnnn3C3CC3)c2)cc1C(=O)O. The third-order valence-corrected chi connectivity index (χ3v) is 4.35. The minimum Gasteiger partial charge on any atom is -0.478 e. The maximum absolute atomic E-state index is 12.5. The van der Waals surface area contributed by atoms with Gasteiger partial charge in [-0.15, -0.1) is 5.10 Å². The molecule has 1 saturated carbocycles. The molecule has 1 aliphatic rings. The summed E-state index contributed by atoms with van der Waals surface area (Å²) >= 11 is 0. The Morgan fingerprint density at radius 1 is 1.33 bits per heavy atom. The molecule has 1 aliphatic carbocycles. The van der Waals surface area contributed by atoms with E-state index in [0.29, 0.717) is 24.0 Å². The number of benzene rings is 1. The van der Waals surface area contributed by atoms with Gasteiger partial charge in [0.25, 0.3) is 5.91 Å². The number of anilines is 1. The fourth-order valence-corrected chi connectivity index (χ4v) is 2.86. The zero-order chi connectivity index (χ0) is 19.0. The van der Waals surface area contributed by atoms with Crippen LogP contribution in [-0.4, -0.2) is 37.2 Å². The van der Waals surface area contributed by atoms with E-state index in [9.17, 15) is 14.7 Å². The molecule has 27 heavy (non-hydrogen) atoms. The molecule has 1 aromatic carbocycles. The number of nitrogens with zero attached hydrogens (tertiary/aromatic N) is 4. The van der Waals surface area contributed by atoms with Crippen LogP contribution in [0.3, 0.4) is 0 Å². The monoisotopic (exact) mass is 367 g/mol. The Labute approximate surface area is 154 Å². The van der Waals surface area contributed by atoms with Crippen molar-refractivity contribution in [1.29, 1.82) is 0 Å². The molecule has 1 fully saturated rings. The minimum atomic E-state index is -1.12. The van der Waals surface area contributed by atoms with Crippen LogP contribution in [0.4, 0.5) is 5.69 Å². The van der Waals surface area contributed by atoms with Gasteiger partial charge < -0.3 is 14.8 Å². The van der Waals surface area contributed by atoms with E-state index >= 15 is 0 Å². The number of hydrogen-bond donors (Lipinski definition) is 2. The number of carbonyl (C=O) groups excluding carboxylic acids is 1. The molecule has 0 spiro atoms. The van der Waals surface area contributed by atoms with Gasteiger partial charge in [-0.2, -0.15) is 0 Å². The summed E-state index contributed by atoms with van der Waals surface area (Å²) in [6, 6.07) is 8.73. The zero-order valence-electron chi connectivity index (χ0n) is 14.5. The summed E-state index contributed by atoms with van der Waals surface area (Å²) in [4.78, 5) is 23.7. The second-order valence-corrected chi connectivity index (χ2v) is 6.32. The van der Waals surface area contributed by atoms with Gasteiger partial charge in [0.1, 0.15) is 11.3 Å². The number of tetrazole rings is 1. The predicted octanol–water partition coefficient (Wildman–Crippen LogP) is 2.78. The molecular formula is C18H17N5O4. The van der Waals surface area contributed by atoms with Crippen molar-refractivity contribution in [2.45, 2.75) is 32.2 Å². The van der Waals surface area contributed by atoms with Gasteiger partial charge >= 0.3 is 5.97 Å². The Balaban J connectivity index is 1.57. The first-order valence-corrected chi connectivity index (χ1v) is 8.62. The molecule has 2 aromatic heterocycles. The molecule has 0 atom stereocenters. The van der Waals surface area contributed by atoms with Gasteiger partial charge in [0.05, 0.1) is 6.04 Å². The molecule has 0 unspecified atom stereocenters. The summed E-state index contributed by atoms with van der Waals surface area (Å²) in [5.41, 5.74) is 1.32. The summed E-state index contributed by atoms with van der Waals surface area (Å²) < 4.78 is 7.18. The summed E-state index contributed by atoms with van der Waals surface area (Å²) in [5.74, 6) is -0.768. The number of aryl methyl sites for hydroxylation is 1. The Morgan fingerprint density at radius 2 is 2.15 bits per heavy atom. The highest BCUT2D eigenvalue weighted by Crippen LogP contribution is 2.36. The fourth-order valence-electron chi connectivity index (χ4n) is 2.86. The van der Waals surface area contributed by atoms with E-state index in [-0.39, 0.29) is 17.1 Å². The highest BCUT2D eigenvalue weighted by atomic mass is 16.4. The molecule has 1 amide bonds. The van der Waals surface area contributed by atoms with Gasteiger partial charge in [0.2, 0.25) is 0 Å². The molecule has 138 valence electrons. The van der Waals surface area contributed by atoms with Crippen LogP contribution in [0.5, 0.6) is 0 Å². The van der Waals surface area contributed by atoms with Crippen LogP contribution in [0.15, 0.2) is 34.7 Å². The quantitative estimate of drug-likeness (QED) is 0.686. The van der Waals surface area contributed by atoms with E-state index in [4.69, 9.17) is 4.42 Å². The van der Waals surface area contributed by atoms with Crippen molar-refractivity contribution in [3.63, 3.8) is 0 Å². The predicted molar refractivity (Wildman–Crippen MR) is 94.5 cm³/mol. The van der Waals surface area contributed by atoms with Crippen molar-refractivity contribution in [2.24, 2.45) is 0 Å². The molecule has 0 bridgehead atoms. The number of carbonyl (C=O) groups is 2. The van der Waals surface area contributed by atoms with E-state index in [1.54, 1.807) is 29.8 Å². The number of aromatic nitrogens is 4. The number of rotatable bonds is 6. The molecule has 2 heterocycles. The first-order valence-electron chi connectivity index (χ1n) is 8.62. The number of aromatic carboxylic acids is 1. The van der Waals surface area contributed by atoms with E-state index in [1.807, 2.05) is 6.07 Å². The number of carboxylic acid groups (broad SMARTS) is 1. The van der Waals surface area contributed by atoms with Gasteiger partial charge in [-0.1, -0.05) is 19.1 Å². The van der Waals surface area contributed by atoms with Crippen molar-refractivity contribution >= 4 is 17.6 Å². The van der Waals surface area contributed by atoms with Crippen molar-refractivity contribution < 1.29 is 19.1 Å². The third-order valence-electron chi connectivity index (χ3n) is 4.35. The molecule has 3 aromatic rings. The molecule has 0 radical (unpaired) electrons. The van der Waals surface area contributed by atoms with Crippen LogP contribution in [0.2, 0.25) is 0 Å². The van der Waals surface area contributed by atoms with Crippen molar-refractivity contribution in [3.8, 4) is 11.4 Å². The van der Waals surface area contributed by atoms with Crippen molar-refractivity contribution in [2.75, 3.05) is 5.32 Å². The summed E-state index contributed by atoms with van der Waals surface area (Å²) in [6.45, 7) is 1.76. The maximum atomic E-state index is 12.5. The number of hydrogen-bond acceptors (Lipinski definition) is 6. The van der Waals surface area contributed by atoms with Crippen LogP contribution < -0.4 is 5.32 Å². The first-order chi connectivity index (χ1) is 13.1. The van der Waals surface area contributed by atoms with E-state index in [0.717, 1.165) is 18.4 Å². The lowest BCUT2D eigenvalue weighted by atomic mass is 10.2. The molecule has 9 heteroatoms. The molecule has 0 aliphatic heterocycles. The molecule has 4 rings (SSSR count). The van der Waals surface area contributed by atoms with E-state index in [1.165, 1.54) is 6.07 Å². The highest BCUT2D eigenvalue weighted by molar-refractivity contribution is 6.04. The maximum Gasteiger partial charge on any atom is 0.339 e. The number of amides is 1. The summed E-state index contributed by atoms with van der Waals surface area (Å²) in [7, 11) is 0. The molecular weight excluding hydrogens is 350 g/mol. The fraction of sp³-hybridized carbons (Fsp3) is 0.278. The van der Waals surface area contributed by atoms with Gasteiger partial charge in [-0.3, -0.25) is 4.79 Å². The minimum absolute atomic E-state index is 0.00000947. The molecule has 2 N–H and O–H groups in total. The Hall–Kier alpha value is -3.49. The normalized spacial score (nSPS) is 13.5. The summed E-state index contributed by atoms with van der Waals surface area (Å²) in [5, 5.41) is 23.8. The Kier molecular flexibility index (Phi) is 4.19. The molecule has 9 nitrogen and oxygen atoms in total. The van der Waals surface area contributed by atoms with Crippen molar-refractivity contribution in [3.05, 3.63) is 47.4 Å². The van der Waals surface area contributed by atoms with Crippen LogP contribution in [0.1, 0.15) is 52.5 Å². The topological polar surface area (TPSA) is 123 Å².